The van der Waals surface area contributed by atoms with E-state index in [4.69, 9.17) is 5.73 Å². The molecular formula is C16H34N4O. The van der Waals surface area contributed by atoms with Gasteiger partial charge in [0, 0.05) is 25.7 Å². The first-order valence-corrected chi connectivity index (χ1v) is 8.50. The van der Waals surface area contributed by atoms with E-state index in [-0.39, 0.29) is 5.91 Å². The highest BCUT2D eigenvalue weighted by Crippen LogP contribution is 2.12. The Hall–Kier alpha value is -0.650. The fourth-order valence-corrected chi connectivity index (χ4v) is 2.93. The molecule has 21 heavy (non-hydrogen) atoms. The first-order chi connectivity index (χ1) is 10.1. The number of hydrogen-bond donors (Lipinski definition) is 2. The quantitative estimate of drug-likeness (QED) is 0.699. The van der Waals surface area contributed by atoms with Gasteiger partial charge in [0.1, 0.15) is 0 Å². The van der Waals surface area contributed by atoms with E-state index in [0.717, 1.165) is 58.5 Å². The number of nitrogens with one attached hydrogen (secondary N) is 1. The Morgan fingerprint density at radius 3 is 2.62 bits per heavy atom. The van der Waals surface area contributed by atoms with Gasteiger partial charge in [0.2, 0.25) is 5.91 Å². The summed E-state index contributed by atoms with van der Waals surface area (Å²) in [6.07, 6.45) is 3.37. The lowest BCUT2D eigenvalue weighted by Gasteiger charge is -2.29. The Morgan fingerprint density at radius 1 is 1.24 bits per heavy atom. The molecule has 1 amide bonds. The number of carbonyl (C=O) groups is 1. The highest BCUT2D eigenvalue weighted by atomic mass is 16.2. The minimum absolute atomic E-state index is 0.158. The molecule has 1 rings (SSSR count). The molecule has 3 N–H and O–H groups in total. The maximum atomic E-state index is 11.9. The minimum Gasteiger partial charge on any atom is -0.355 e. The molecule has 5 nitrogen and oxygen atoms in total. The molecule has 0 saturated carbocycles. The first-order valence-electron chi connectivity index (χ1n) is 8.50. The molecule has 1 unspecified atom stereocenters. The molecule has 0 aromatic rings. The Morgan fingerprint density at radius 2 is 2.00 bits per heavy atom. The van der Waals surface area contributed by atoms with Gasteiger partial charge in [-0.05, 0) is 44.8 Å². The topological polar surface area (TPSA) is 61.6 Å². The Bertz CT molecular complexity index is 296. The van der Waals surface area contributed by atoms with E-state index in [1.165, 1.54) is 0 Å². The van der Waals surface area contributed by atoms with Crippen molar-refractivity contribution in [1.82, 2.24) is 15.1 Å². The van der Waals surface area contributed by atoms with Crippen molar-refractivity contribution in [1.29, 1.82) is 0 Å². The molecule has 5 heteroatoms. The van der Waals surface area contributed by atoms with Crippen molar-refractivity contribution in [3.05, 3.63) is 0 Å². The molecule has 1 atom stereocenters. The van der Waals surface area contributed by atoms with Gasteiger partial charge < -0.3 is 11.1 Å². The second-order valence-corrected chi connectivity index (χ2v) is 6.50. The highest BCUT2D eigenvalue weighted by Gasteiger charge is 2.21. The van der Waals surface area contributed by atoms with E-state index >= 15 is 0 Å². The predicted octanol–water partition coefficient (Wildman–Crippen LogP) is 0.894. The maximum absolute atomic E-state index is 11.9. The Kier molecular flexibility index (Phi) is 8.88. The monoisotopic (exact) mass is 298 g/mol. The average Bonchev–Trinajstić information content (AvgIpc) is 2.68. The molecule has 0 aromatic carbocycles. The van der Waals surface area contributed by atoms with Crippen LogP contribution in [0.3, 0.4) is 0 Å². The van der Waals surface area contributed by atoms with Crippen molar-refractivity contribution in [3.63, 3.8) is 0 Å². The molecule has 0 spiro atoms. The second kappa shape index (κ2) is 10.1. The lowest BCUT2D eigenvalue weighted by molar-refractivity contribution is -0.122. The van der Waals surface area contributed by atoms with E-state index in [9.17, 15) is 4.79 Å². The number of hydrogen-bond acceptors (Lipinski definition) is 4. The van der Waals surface area contributed by atoms with Crippen LogP contribution in [0.15, 0.2) is 0 Å². The summed E-state index contributed by atoms with van der Waals surface area (Å²) in [4.78, 5) is 16.8. The Labute approximate surface area is 130 Å². The summed E-state index contributed by atoms with van der Waals surface area (Å²) in [6, 6.07) is 0.602. The molecule has 1 aliphatic heterocycles. The van der Waals surface area contributed by atoms with Gasteiger partial charge in [-0.15, -0.1) is 0 Å². The molecule has 1 heterocycles. The molecule has 0 aliphatic carbocycles. The Balaban J connectivity index is 2.36. The minimum atomic E-state index is 0.158. The molecule has 1 fully saturated rings. The maximum Gasteiger partial charge on any atom is 0.234 e. The van der Waals surface area contributed by atoms with Crippen molar-refractivity contribution >= 4 is 5.91 Å². The molecule has 1 saturated heterocycles. The van der Waals surface area contributed by atoms with E-state index in [1.54, 1.807) is 0 Å². The van der Waals surface area contributed by atoms with Gasteiger partial charge in [0.15, 0.2) is 0 Å². The molecule has 0 radical (unpaired) electrons. The number of rotatable bonds is 8. The number of carbonyl (C=O) groups excluding carboxylic acids is 1. The third-order valence-corrected chi connectivity index (χ3v) is 4.19. The van der Waals surface area contributed by atoms with Gasteiger partial charge in [0.25, 0.3) is 0 Å². The van der Waals surface area contributed by atoms with Gasteiger partial charge >= 0.3 is 0 Å². The predicted molar refractivity (Wildman–Crippen MR) is 88.2 cm³/mol. The van der Waals surface area contributed by atoms with Gasteiger partial charge in [0.05, 0.1) is 6.54 Å². The van der Waals surface area contributed by atoms with Crippen LogP contribution >= 0.6 is 0 Å². The fourth-order valence-electron chi connectivity index (χ4n) is 2.93. The number of nitrogens with zero attached hydrogens (tertiary/aromatic N) is 2. The van der Waals surface area contributed by atoms with Gasteiger partial charge in [-0.25, -0.2) is 0 Å². The molecule has 1 aliphatic rings. The van der Waals surface area contributed by atoms with Crippen molar-refractivity contribution in [2.24, 2.45) is 11.7 Å². The zero-order valence-electron chi connectivity index (χ0n) is 14.1. The van der Waals surface area contributed by atoms with Crippen LogP contribution in [-0.2, 0) is 4.79 Å². The average molecular weight is 298 g/mol. The molecule has 0 bridgehead atoms. The summed E-state index contributed by atoms with van der Waals surface area (Å²) < 4.78 is 0. The van der Waals surface area contributed by atoms with Crippen LogP contribution in [0.5, 0.6) is 0 Å². The van der Waals surface area contributed by atoms with Crippen molar-refractivity contribution in [2.45, 2.75) is 46.1 Å². The van der Waals surface area contributed by atoms with E-state index < -0.39 is 0 Å². The number of amides is 1. The third-order valence-electron chi connectivity index (χ3n) is 4.19. The van der Waals surface area contributed by atoms with E-state index in [2.05, 4.69) is 35.9 Å². The second-order valence-electron chi connectivity index (χ2n) is 6.50. The zero-order chi connectivity index (χ0) is 15.7. The van der Waals surface area contributed by atoms with Crippen molar-refractivity contribution in [3.8, 4) is 0 Å². The lowest BCUT2D eigenvalue weighted by Crippen LogP contribution is -2.42. The highest BCUT2D eigenvalue weighted by molar-refractivity contribution is 5.77. The molecule has 0 aromatic heterocycles. The summed E-state index contributed by atoms with van der Waals surface area (Å²) in [5.74, 6) is 0.668. The summed E-state index contributed by atoms with van der Waals surface area (Å²) in [7, 11) is 0. The van der Waals surface area contributed by atoms with Crippen LogP contribution in [0, 0.1) is 5.92 Å². The van der Waals surface area contributed by atoms with E-state index in [1.807, 2.05) is 0 Å². The summed E-state index contributed by atoms with van der Waals surface area (Å²) in [5, 5.41) is 3.00. The number of nitrogens with two attached hydrogens (primary N) is 1. The van der Waals surface area contributed by atoms with Crippen LogP contribution in [0.4, 0.5) is 0 Å². The normalized spacial score (nSPS) is 19.5. The van der Waals surface area contributed by atoms with Crippen LogP contribution < -0.4 is 11.1 Å². The largest absolute Gasteiger partial charge is 0.355 e. The smallest absolute Gasteiger partial charge is 0.234 e. The fraction of sp³-hybridized carbons (Fsp3) is 0.938. The SMILES string of the molecule is CCC(CCN)N1CCCN(CC(=O)NCC(C)C)CC1. The standard InChI is InChI=1S/C16H34N4O/c1-4-15(6-7-17)20-9-5-8-19(10-11-20)13-16(21)18-12-14(2)3/h14-15H,4-13,17H2,1-3H3,(H,18,21). The summed E-state index contributed by atoms with van der Waals surface area (Å²) in [5.41, 5.74) is 5.71. The van der Waals surface area contributed by atoms with Crippen LogP contribution in [0.1, 0.15) is 40.0 Å². The van der Waals surface area contributed by atoms with Crippen LogP contribution in [-0.4, -0.2) is 67.6 Å². The van der Waals surface area contributed by atoms with Gasteiger partial charge in [-0.1, -0.05) is 20.8 Å². The van der Waals surface area contributed by atoms with Crippen LogP contribution in [0.25, 0.3) is 0 Å². The van der Waals surface area contributed by atoms with Gasteiger partial charge in [-0.2, -0.15) is 0 Å². The van der Waals surface area contributed by atoms with Crippen molar-refractivity contribution < 1.29 is 4.79 Å². The van der Waals surface area contributed by atoms with E-state index in [0.29, 0.717) is 18.5 Å². The summed E-state index contributed by atoms with van der Waals surface area (Å²) in [6.45, 7) is 12.7. The molecule has 124 valence electrons. The molecular weight excluding hydrogens is 264 g/mol. The van der Waals surface area contributed by atoms with Gasteiger partial charge in [-0.3, -0.25) is 14.6 Å². The third kappa shape index (κ3) is 7.25. The first kappa shape index (κ1) is 18.4. The van der Waals surface area contributed by atoms with Crippen molar-refractivity contribution in [2.75, 3.05) is 45.8 Å². The zero-order valence-corrected chi connectivity index (χ0v) is 14.1. The lowest BCUT2D eigenvalue weighted by atomic mass is 10.1. The summed E-state index contributed by atoms with van der Waals surface area (Å²) >= 11 is 0. The van der Waals surface area contributed by atoms with Crippen LogP contribution in [0.2, 0.25) is 0 Å².